The third-order valence-electron chi connectivity index (χ3n) is 3.58. The van der Waals surface area contributed by atoms with E-state index in [4.69, 9.17) is 5.73 Å². The fourth-order valence-electron chi connectivity index (χ4n) is 2.72. The van der Waals surface area contributed by atoms with Gasteiger partial charge in [0, 0.05) is 12.0 Å². The van der Waals surface area contributed by atoms with Gasteiger partial charge in [0.25, 0.3) is 0 Å². The molecule has 6 nitrogen and oxygen atoms in total. The van der Waals surface area contributed by atoms with Crippen molar-refractivity contribution < 1.29 is 18.7 Å². The van der Waals surface area contributed by atoms with Gasteiger partial charge in [0.05, 0.1) is 0 Å². The van der Waals surface area contributed by atoms with Crippen molar-refractivity contribution in [1.29, 1.82) is 0 Å². The Kier molecular flexibility index (Phi) is 3.08. The molecular weight excluding hydrogens is 282 g/mol. The van der Waals surface area contributed by atoms with E-state index in [1.165, 1.54) is 16.8 Å². The number of nitrogens with two attached hydrogens (primary N) is 1. The first-order valence-corrected chi connectivity index (χ1v) is 6.36. The maximum absolute atomic E-state index is 13.4. The molecule has 110 valence electrons. The summed E-state index contributed by atoms with van der Waals surface area (Å²) in [5.74, 6) is -2.59. The summed E-state index contributed by atoms with van der Waals surface area (Å²) in [5, 5.41) is 13.1. The van der Waals surface area contributed by atoms with Crippen LogP contribution in [0.15, 0.2) is 18.2 Å². The number of anilines is 1. The predicted octanol–water partition coefficient (Wildman–Crippen LogP) is 1.69. The Morgan fingerprint density at radius 2 is 1.95 bits per heavy atom. The quantitative estimate of drug-likeness (QED) is 0.879. The summed E-state index contributed by atoms with van der Waals surface area (Å²) >= 11 is 0. The molecule has 3 N–H and O–H groups in total. The third-order valence-corrected chi connectivity index (χ3v) is 3.58. The van der Waals surface area contributed by atoms with E-state index in [1.54, 1.807) is 0 Å². The van der Waals surface area contributed by atoms with Crippen LogP contribution in [0.3, 0.4) is 0 Å². The van der Waals surface area contributed by atoms with Gasteiger partial charge in [0.1, 0.15) is 17.5 Å². The van der Waals surface area contributed by atoms with Gasteiger partial charge in [0.15, 0.2) is 6.04 Å². The lowest BCUT2D eigenvalue weighted by molar-refractivity contribution is -0.141. The fourth-order valence-corrected chi connectivity index (χ4v) is 2.72. The molecule has 0 amide bonds. The van der Waals surface area contributed by atoms with Crippen LogP contribution >= 0.6 is 0 Å². The van der Waals surface area contributed by atoms with Crippen LogP contribution in [-0.2, 0) is 4.79 Å². The zero-order valence-electron chi connectivity index (χ0n) is 10.8. The van der Waals surface area contributed by atoms with Crippen molar-refractivity contribution in [3.8, 4) is 0 Å². The molecule has 0 saturated carbocycles. The summed E-state index contributed by atoms with van der Waals surface area (Å²) in [6.07, 6.45) is 0.686. The van der Waals surface area contributed by atoms with Crippen LogP contribution in [0.4, 0.5) is 14.7 Å². The molecule has 0 fully saturated rings. The summed E-state index contributed by atoms with van der Waals surface area (Å²) in [4.78, 5) is 15.3. The number of aliphatic carboxylic acids is 1. The van der Waals surface area contributed by atoms with Gasteiger partial charge < -0.3 is 10.8 Å². The third kappa shape index (κ3) is 2.32. The molecule has 0 bridgehead atoms. The highest BCUT2D eigenvalue weighted by Gasteiger charge is 2.35. The largest absolute Gasteiger partial charge is 0.480 e. The summed E-state index contributed by atoms with van der Waals surface area (Å²) < 4.78 is 28.0. The first-order chi connectivity index (χ1) is 9.95. The van der Waals surface area contributed by atoms with Crippen LogP contribution in [-0.4, -0.2) is 25.8 Å². The molecule has 1 aliphatic rings. The summed E-state index contributed by atoms with van der Waals surface area (Å²) in [7, 11) is 0. The minimum atomic E-state index is -1.04. The molecular formula is C13H12F2N4O2. The van der Waals surface area contributed by atoms with Crippen molar-refractivity contribution >= 4 is 11.9 Å². The Hall–Kier alpha value is -2.51. The van der Waals surface area contributed by atoms with Crippen molar-refractivity contribution in [3.63, 3.8) is 0 Å². The minimum absolute atomic E-state index is 0.0555. The lowest BCUT2D eigenvalue weighted by Gasteiger charge is -2.26. The molecule has 3 rings (SSSR count). The fraction of sp³-hybridized carbons (Fsp3) is 0.308. The maximum Gasteiger partial charge on any atom is 0.328 e. The highest BCUT2D eigenvalue weighted by Crippen LogP contribution is 2.37. The smallest absolute Gasteiger partial charge is 0.328 e. The van der Waals surface area contributed by atoms with Gasteiger partial charge in [0.2, 0.25) is 5.95 Å². The number of fused-ring (bicyclic) bond motifs is 1. The monoisotopic (exact) mass is 294 g/mol. The molecule has 2 heterocycles. The number of nitrogens with zero attached hydrogens (tertiary/aromatic N) is 3. The van der Waals surface area contributed by atoms with Crippen LogP contribution in [0.2, 0.25) is 0 Å². The minimum Gasteiger partial charge on any atom is -0.480 e. The first-order valence-electron chi connectivity index (χ1n) is 6.36. The lowest BCUT2D eigenvalue weighted by Crippen LogP contribution is -2.28. The van der Waals surface area contributed by atoms with Crippen LogP contribution in [0.25, 0.3) is 0 Å². The van der Waals surface area contributed by atoms with E-state index < -0.39 is 29.6 Å². The molecule has 0 radical (unpaired) electrons. The van der Waals surface area contributed by atoms with Gasteiger partial charge in [-0.15, -0.1) is 5.10 Å². The average Bonchev–Trinajstić information content (AvgIpc) is 2.76. The van der Waals surface area contributed by atoms with E-state index in [0.29, 0.717) is 17.8 Å². The maximum atomic E-state index is 13.4. The van der Waals surface area contributed by atoms with E-state index in [-0.39, 0.29) is 12.4 Å². The van der Waals surface area contributed by atoms with Gasteiger partial charge in [-0.05, 0) is 30.5 Å². The second kappa shape index (κ2) is 4.80. The Morgan fingerprint density at radius 3 is 2.57 bits per heavy atom. The molecule has 1 aromatic carbocycles. The normalized spacial score (nSPS) is 21.0. The molecule has 0 spiro atoms. The van der Waals surface area contributed by atoms with E-state index >= 15 is 0 Å². The predicted molar refractivity (Wildman–Crippen MR) is 68.5 cm³/mol. The van der Waals surface area contributed by atoms with Gasteiger partial charge >= 0.3 is 5.97 Å². The molecule has 0 aliphatic carbocycles. The number of halogens is 2. The van der Waals surface area contributed by atoms with Crippen LogP contribution in [0.1, 0.15) is 36.2 Å². The summed E-state index contributed by atoms with van der Waals surface area (Å²) in [6.45, 7) is 0. The van der Waals surface area contributed by atoms with Crippen LogP contribution < -0.4 is 5.73 Å². The first kappa shape index (κ1) is 13.5. The number of nitrogen functional groups attached to an aromatic ring is 1. The summed E-state index contributed by atoms with van der Waals surface area (Å²) in [6, 6.07) is 2.35. The number of carboxylic acids is 1. The number of rotatable bonds is 2. The molecule has 2 atom stereocenters. The molecule has 2 unspecified atom stereocenters. The average molecular weight is 294 g/mol. The molecule has 1 aromatic heterocycles. The van der Waals surface area contributed by atoms with Crippen molar-refractivity contribution in [3.05, 3.63) is 41.2 Å². The molecule has 1 aliphatic heterocycles. The molecule has 2 aromatic rings. The van der Waals surface area contributed by atoms with Gasteiger partial charge in [-0.3, -0.25) is 0 Å². The highest BCUT2D eigenvalue weighted by molar-refractivity contribution is 5.72. The molecule has 21 heavy (non-hydrogen) atoms. The van der Waals surface area contributed by atoms with E-state index in [0.717, 1.165) is 6.07 Å². The van der Waals surface area contributed by atoms with Gasteiger partial charge in [-0.1, -0.05) is 0 Å². The highest BCUT2D eigenvalue weighted by atomic mass is 19.1. The second-order valence-electron chi connectivity index (χ2n) is 4.96. The van der Waals surface area contributed by atoms with Crippen molar-refractivity contribution in [1.82, 2.24) is 14.8 Å². The van der Waals surface area contributed by atoms with Gasteiger partial charge in [-0.2, -0.15) is 4.98 Å². The summed E-state index contributed by atoms with van der Waals surface area (Å²) in [5.41, 5.74) is 5.93. The Bertz CT molecular complexity index is 696. The number of benzene rings is 1. The lowest BCUT2D eigenvalue weighted by atomic mass is 9.88. The number of carboxylic acid groups (broad SMARTS) is 1. The van der Waals surface area contributed by atoms with Crippen molar-refractivity contribution in [2.75, 3.05) is 5.73 Å². The topological polar surface area (TPSA) is 94.0 Å². The number of hydrogen-bond donors (Lipinski definition) is 2. The van der Waals surface area contributed by atoms with E-state index in [9.17, 15) is 18.7 Å². The number of hydrogen-bond acceptors (Lipinski definition) is 4. The zero-order chi connectivity index (χ0) is 15.1. The van der Waals surface area contributed by atoms with Gasteiger partial charge in [-0.25, -0.2) is 18.3 Å². The Balaban J connectivity index is 2.08. The SMILES string of the molecule is Nc1nc2n(n1)C(C(=O)O)CCC2c1cc(F)cc(F)c1. The standard InChI is InChI=1S/C13H12F2N4O2/c14-7-3-6(4-8(15)5-7)9-1-2-10(12(20)21)19-11(9)17-13(16)18-19/h3-5,9-10H,1-2H2,(H2,16,18)(H,20,21). The van der Waals surface area contributed by atoms with E-state index in [1.807, 2.05) is 0 Å². The van der Waals surface area contributed by atoms with Crippen molar-refractivity contribution in [2.45, 2.75) is 24.8 Å². The zero-order valence-corrected chi connectivity index (χ0v) is 10.8. The second-order valence-corrected chi connectivity index (χ2v) is 4.96. The molecule has 8 heteroatoms. The molecule has 0 saturated heterocycles. The van der Waals surface area contributed by atoms with Crippen LogP contribution in [0.5, 0.6) is 0 Å². The van der Waals surface area contributed by atoms with Crippen LogP contribution in [0, 0.1) is 11.6 Å². The Labute approximate surface area is 118 Å². The van der Waals surface area contributed by atoms with Crippen molar-refractivity contribution in [2.24, 2.45) is 0 Å². The Morgan fingerprint density at radius 1 is 1.29 bits per heavy atom. The number of aromatic nitrogens is 3. The van der Waals surface area contributed by atoms with E-state index in [2.05, 4.69) is 10.1 Å². The number of carbonyl (C=O) groups is 1.